The molecule has 0 spiro atoms. The maximum atomic E-state index is 12.7. The molecule has 1 heterocycles. The number of hydrogen-bond donors (Lipinski definition) is 3. The number of carbonyl (C=O) groups excluding carboxylic acids is 1. The standard InChI is InChI=1S/C25H33N3O/c1-20(2)23-11-13-24(14-12-23)26-25(29)21(3)28-18-16-27(17-19-28)15-7-10-22-8-5-4-6-9-22/h4-14,20-21H,15-19H2,1-3H3,(H,26,29)/p+2/b10-7+/t21-/m0/s1. The average molecular weight is 394 g/mol. The third-order valence-electron chi connectivity index (χ3n) is 5.97. The Hall–Kier alpha value is -2.43. The number of amides is 1. The third kappa shape index (κ3) is 6.28. The van der Waals surface area contributed by atoms with Crippen molar-refractivity contribution in [3.05, 3.63) is 71.8 Å². The number of carbonyl (C=O) groups is 1. The molecule has 2 aromatic carbocycles. The number of benzene rings is 2. The topological polar surface area (TPSA) is 38.0 Å². The molecule has 0 saturated carbocycles. The monoisotopic (exact) mass is 393 g/mol. The highest BCUT2D eigenvalue weighted by molar-refractivity contribution is 5.93. The van der Waals surface area contributed by atoms with Crippen LogP contribution < -0.4 is 15.1 Å². The predicted octanol–water partition coefficient (Wildman–Crippen LogP) is 1.63. The molecular weight excluding hydrogens is 358 g/mol. The zero-order chi connectivity index (χ0) is 20.6. The normalized spacial score (nSPS) is 20.7. The Bertz CT molecular complexity index is 791. The molecule has 4 heteroatoms. The molecule has 1 amide bonds. The third-order valence-corrected chi connectivity index (χ3v) is 5.97. The molecular formula is C25H35N3O+2. The highest BCUT2D eigenvalue weighted by atomic mass is 16.2. The second-order valence-electron chi connectivity index (χ2n) is 8.41. The van der Waals surface area contributed by atoms with Gasteiger partial charge in [-0.15, -0.1) is 0 Å². The molecule has 0 aliphatic carbocycles. The molecule has 3 N–H and O–H groups in total. The van der Waals surface area contributed by atoms with E-state index < -0.39 is 0 Å². The molecule has 2 aromatic rings. The summed E-state index contributed by atoms with van der Waals surface area (Å²) in [7, 11) is 0. The fraction of sp³-hybridized carbons (Fsp3) is 0.400. The summed E-state index contributed by atoms with van der Waals surface area (Å²) in [4.78, 5) is 15.7. The van der Waals surface area contributed by atoms with Crippen molar-refractivity contribution < 1.29 is 14.6 Å². The average Bonchev–Trinajstić information content (AvgIpc) is 2.75. The van der Waals surface area contributed by atoms with Gasteiger partial charge in [0.2, 0.25) is 0 Å². The van der Waals surface area contributed by atoms with Crippen molar-refractivity contribution in [2.45, 2.75) is 32.7 Å². The van der Waals surface area contributed by atoms with Crippen LogP contribution in [0.5, 0.6) is 0 Å². The molecule has 0 unspecified atom stereocenters. The summed E-state index contributed by atoms with van der Waals surface area (Å²) in [6.45, 7) is 11.7. The van der Waals surface area contributed by atoms with Gasteiger partial charge in [0.05, 0.1) is 6.54 Å². The maximum absolute atomic E-state index is 12.7. The van der Waals surface area contributed by atoms with E-state index in [0.717, 1.165) is 38.4 Å². The van der Waals surface area contributed by atoms with Crippen LogP contribution in [0.15, 0.2) is 60.7 Å². The lowest BCUT2D eigenvalue weighted by molar-refractivity contribution is -1.02. The Kier molecular flexibility index (Phi) is 7.62. The van der Waals surface area contributed by atoms with Gasteiger partial charge in [-0.25, -0.2) is 0 Å². The molecule has 1 atom stereocenters. The maximum Gasteiger partial charge on any atom is 0.282 e. The van der Waals surface area contributed by atoms with Gasteiger partial charge in [0.15, 0.2) is 6.04 Å². The Morgan fingerprint density at radius 3 is 2.24 bits per heavy atom. The van der Waals surface area contributed by atoms with Crippen LogP contribution in [0.3, 0.4) is 0 Å². The van der Waals surface area contributed by atoms with E-state index in [1.54, 1.807) is 4.90 Å². The fourth-order valence-corrected chi connectivity index (χ4v) is 3.87. The second-order valence-corrected chi connectivity index (χ2v) is 8.41. The summed E-state index contributed by atoms with van der Waals surface area (Å²) in [6, 6.07) is 18.6. The van der Waals surface area contributed by atoms with Gasteiger partial charge in [-0.3, -0.25) is 4.79 Å². The second kappa shape index (κ2) is 10.4. The highest BCUT2D eigenvalue weighted by Gasteiger charge is 2.30. The zero-order valence-corrected chi connectivity index (χ0v) is 17.9. The Labute approximate surface area is 175 Å². The lowest BCUT2D eigenvalue weighted by Crippen LogP contribution is -3.29. The number of hydrogen-bond acceptors (Lipinski definition) is 1. The smallest absolute Gasteiger partial charge is 0.282 e. The highest BCUT2D eigenvalue weighted by Crippen LogP contribution is 2.17. The summed E-state index contributed by atoms with van der Waals surface area (Å²) in [5, 5.41) is 3.09. The molecule has 3 rings (SSSR count). The largest absolute Gasteiger partial charge is 0.322 e. The van der Waals surface area contributed by atoms with Crippen molar-refractivity contribution >= 4 is 17.7 Å². The molecule has 1 fully saturated rings. The van der Waals surface area contributed by atoms with Gasteiger partial charge >= 0.3 is 0 Å². The van der Waals surface area contributed by atoms with E-state index in [0.29, 0.717) is 5.92 Å². The van der Waals surface area contributed by atoms with E-state index in [2.05, 4.69) is 67.7 Å². The first kappa shape index (κ1) is 21.3. The van der Waals surface area contributed by atoms with Crippen LogP contribution in [-0.2, 0) is 4.79 Å². The number of piperazine rings is 1. The predicted molar refractivity (Wildman–Crippen MR) is 120 cm³/mol. The summed E-state index contributed by atoms with van der Waals surface area (Å²) in [5.41, 5.74) is 3.44. The van der Waals surface area contributed by atoms with E-state index in [1.807, 2.05) is 25.1 Å². The number of nitrogens with one attached hydrogen (secondary N) is 3. The Balaban J connectivity index is 1.43. The van der Waals surface area contributed by atoms with E-state index in [9.17, 15) is 4.79 Å². The van der Waals surface area contributed by atoms with Gasteiger partial charge in [-0.1, -0.05) is 62.4 Å². The molecule has 0 radical (unpaired) electrons. The lowest BCUT2D eigenvalue weighted by Gasteiger charge is -2.32. The molecule has 154 valence electrons. The van der Waals surface area contributed by atoms with E-state index in [-0.39, 0.29) is 11.9 Å². The minimum absolute atomic E-state index is 0.0267. The molecule has 1 saturated heterocycles. The van der Waals surface area contributed by atoms with Crippen molar-refractivity contribution in [2.75, 3.05) is 38.0 Å². The Morgan fingerprint density at radius 1 is 0.966 bits per heavy atom. The fourth-order valence-electron chi connectivity index (χ4n) is 3.87. The van der Waals surface area contributed by atoms with Crippen molar-refractivity contribution in [1.82, 2.24) is 0 Å². The van der Waals surface area contributed by atoms with Crippen molar-refractivity contribution in [3.8, 4) is 0 Å². The van der Waals surface area contributed by atoms with Crippen LogP contribution in [0.1, 0.15) is 37.8 Å². The summed E-state index contributed by atoms with van der Waals surface area (Å²) in [6.07, 6.45) is 4.47. The van der Waals surface area contributed by atoms with Crippen LogP contribution in [0.2, 0.25) is 0 Å². The first-order valence-corrected chi connectivity index (χ1v) is 10.8. The minimum Gasteiger partial charge on any atom is -0.322 e. The van der Waals surface area contributed by atoms with Crippen LogP contribution in [-0.4, -0.2) is 44.7 Å². The van der Waals surface area contributed by atoms with Crippen LogP contribution in [0.25, 0.3) is 6.08 Å². The van der Waals surface area contributed by atoms with E-state index in [1.165, 1.54) is 16.0 Å². The van der Waals surface area contributed by atoms with Crippen molar-refractivity contribution in [1.29, 1.82) is 0 Å². The molecule has 0 bridgehead atoms. The van der Waals surface area contributed by atoms with E-state index >= 15 is 0 Å². The Morgan fingerprint density at radius 2 is 1.62 bits per heavy atom. The zero-order valence-electron chi connectivity index (χ0n) is 17.9. The summed E-state index contributed by atoms with van der Waals surface area (Å²) >= 11 is 0. The molecule has 0 aromatic heterocycles. The van der Waals surface area contributed by atoms with Gasteiger partial charge in [-0.05, 0) is 42.2 Å². The number of anilines is 1. The van der Waals surface area contributed by atoms with Crippen LogP contribution in [0, 0.1) is 0 Å². The van der Waals surface area contributed by atoms with Gasteiger partial charge < -0.3 is 15.1 Å². The molecule has 29 heavy (non-hydrogen) atoms. The first-order chi connectivity index (χ1) is 14.0. The van der Waals surface area contributed by atoms with Gasteiger partial charge in [-0.2, -0.15) is 0 Å². The van der Waals surface area contributed by atoms with E-state index in [4.69, 9.17) is 0 Å². The number of quaternary nitrogens is 2. The molecule has 1 aliphatic heterocycles. The molecule has 4 nitrogen and oxygen atoms in total. The SMILES string of the molecule is CC(C)c1ccc(NC(=O)[C@H](C)[NH+]2CC[NH+](C/C=C/c3ccccc3)CC2)cc1. The number of rotatable bonds is 7. The minimum atomic E-state index is -0.0267. The van der Waals surface area contributed by atoms with Crippen LogP contribution in [0.4, 0.5) is 5.69 Å². The summed E-state index contributed by atoms with van der Waals surface area (Å²) in [5.74, 6) is 0.620. The summed E-state index contributed by atoms with van der Waals surface area (Å²) < 4.78 is 0. The van der Waals surface area contributed by atoms with Gasteiger partial charge in [0.1, 0.15) is 26.2 Å². The quantitative estimate of drug-likeness (QED) is 0.657. The first-order valence-electron chi connectivity index (χ1n) is 10.8. The van der Waals surface area contributed by atoms with Gasteiger partial charge in [0, 0.05) is 5.69 Å². The van der Waals surface area contributed by atoms with Crippen molar-refractivity contribution in [2.24, 2.45) is 0 Å². The lowest BCUT2D eigenvalue weighted by atomic mass is 10.0. The van der Waals surface area contributed by atoms with Crippen molar-refractivity contribution in [3.63, 3.8) is 0 Å². The van der Waals surface area contributed by atoms with Crippen LogP contribution >= 0.6 is 0 Å². The van der Waals surface area contributed by atoms with Gasteiger partial charge in [0.25, 0.3) is 5.91 Å². The molecule has 1 aliphatic rings.